The molecule has 1 aromatic carbocycles. The molecule has 4 rings (SSSR count). The molecule has 1 fully saturated rings. The highest BCUT2D eigenvalue weighted by molar-refractivity contribution is 5.92. The smallest absolute Gasteiger partial charge is 0.225 e. The van der Waals surface area contributed by atoms with E-state index >= 15 is 0 Å². The quantitative estimate of drug-likeness (QED) is 0.298. The van der Waals surface area contributed by atoms with E-state index in [-0.39, 0.29) is 6.04 Å². The molecule has 37 heavy (non-hydrogen) atoms. The van der Waals surface area contributed by atoms with Crippen molar-refractivity contribution in [2.24, 2.45) is 0 Å². The van der Waals surface area contributed by atoms with Crippen molar-refractivity contribution in [3.63, 3.8) is 0 Å². The third kappa shape index (κ3) is 6.67. The fraction of sp³-hybridized carbons (Fsp3) is 0.556. The van der Waals surface area contributed by atoms with Crippen LogP contribution in [-0.4, -0.2) is 70.1 Å². The zero-order valence-corrected chi connectivity index (χ0v) is 22.3. The van der Waals surface area contributed by atoms with Crippen LogP contribution in [0, 0.1) is 18.3 Å². The summed E-state index contributed by atoms with van der Waals surface area (Å²) in [5, 5.41) is 24.3. The number of ether oxygens (including phenoxy) is 2. The summed E-state index contributed by atoms with van der Waals surface area (Å²) >= 11 is 0. The maximum absolute atomic E-state index is 9.13. The number of nitrogens with one attached hydrogen (secondary N) is 3. The van der Waals surface area contributed by atoms with Crippen molar-refractivity contribution in [2.45, 2.75) is 71.0 Å². The monoisotopic (exact) mass is 506 g/mol. The predicted molar refractivity (Wildman–Crippen MR) is 145 cm³/mol. The summed E-state index contributed by atoms with van der Waals surface area (Å²) in [5.74, 6) is 2.70. The van der Waals surface area contributed by atoms with E-state index in [0.29, 0.717) is 49.3 Å². The summed E-state index contributed by atoms with van der Waals surface area (Å²) in [6.45, 7) is 8.23. The highest BCUT2D eigenvalue weighted by Gasteiger charge is 2.34. The molecule has 1 aliphatic heterocycles. The van der Waals surface area contributed by atoms with E-state index in [1.165, 1.54) is 0 Å². The van der Waals surface area contributed by atoms with Crippen LogP contribution in [0.2, 0.25) is 0 Å². The molecular formula is C27H38N8O2. The van der Waals surface area contributed by atoms with Crippen LogP contribution < -0.4 is 15.4 Å². The molecule has 2 aromatic heterocycles. The van der Waals surface area contributed by atoms with Gasteiger partial charge in [0.1, 0.15) is 18.2 Å². The summed E-state index contributed by atoms with van der Waals surface area (Å²) in [4.78, 5) is 12.3. The van der Waals surface area contributed by atoms with Gasteiger partial charge in [-0.05, 0) is 44.7 Å². The van der Waals surface area contributed by atoms with E-state index in [1.807, 2.05) is 31.2 Å². The van der Waals surface area contributed by atoms with Crippen molar-refractivity contribution >= 4 is 28.5 Å². The lowest BCUT2D eigenvalue weighted by molar-refractivity contribution is 0.0734. The first kappa shape index (κ1) is 26.6. The van der Waals surface area contributed by atoms with E-state index in [9.17, 15) is 0 Å². The van der Waals surface area contributed by atoms with Gasteiger partial charge in [-0.2, -0.15) is 15.3 Å². The Kier molecular flexibility index (Phi) is 9.14. The summed E-state index contributed by atoms with van der Waals surface area (Å²) in [6.07, 6.45) is 4.64. The number of piperidine rings is 1. The SMILES string of the molecule is CCC1CC(Nc2nc(Nc3cc(C)[nH]n3)c3ccc(OCCOC)cc3n2)CC(CC)N1CCC#N. The molecule has 0 saturated carbocycles. The Morgan fingerprint density at radius 2 is 1.92 bits per heavy atom. The number of hydrogen-bond acceptors (Lipinski definition) is 9. The van der Waals surface area contributed by atoms with Crippen LogP contribution in [0.25, 0.3) is 10.9 Å². The lowest BCUT2D eigenvalue weighted by Crippen LogP contribution is -2.52. The van der Waals surface area contributed by atoms with E-state index in [1.54, 1.807) is 7.11 Å². The third-order valence-electron chi connectivity index (χ3n) is 6.99. The van der Waals surface area contributed by atoms with Gasteiger partial charge in [0.2, 0.25) is 5.95 Å². The summed E-state index contributed by atoms with van der Waals surface area (Å²) in [6, 6.07) is 11.2. The minimum absolute atomic E-state index is 0.243. The lowest BCUT2D eigenvalue weighted by atomic mass is 9.88. The average molecular weight is 507 g/mol. The van der Waals surface area contributed by atoms with Gasteiger partial charge in [0.15, 0.2) is 5.82 Å². The Balaban J connectivity index is 1.61. The standard InChI is InChI=1S/C27H38N8O2/c1-5-20-15-19(16-21(6-2)35(20)11-7-10-28)29-27-30-24-17-22(37-13-12-36-4)8-9-23(24)26(32-27)31-25-14-18(3)33-34-25/h8-9,14,17,19-21H,5-7,11-13,15-16H2,1-4H3,(H3,29,30,31,32,33,34). The first-order chi connectivity index (χ1) is 18.0. The van der Waals surface area contributed by atoms with Gasteiger partial charge >= 0.3 is 0 Å². The highest BCUT2D eigenvalue weighted by atomic mass is 16.5. The summed E-state index contributed by atoms with van der Waals surface area (Å²) in [5.41, 5.74) is 1.75. The number of aryl methyl sites for hydroxylation is 1. The topological polar surface area (TPSA) is 124 Å². The average Bonchev–Trinajstić information content (AvgIpc) is 3.31. The maximum Gasteiger partial charge on any atom is 0.225 e. The molecule has 10 heteroatoms. The number of H-pyrrole nitrogens is 1. The minimum atomic E-state index is 0.243. The van der Waals surface area contributed by atoms with Gasteiger partial charge in [-0.1, -0.05) is 13.8 Å². The second kappa shape index (κ2) is 12.7. The summed E-state index contributed by atoms with van der Waals surface area (Å²) in [7, 11) is 1.66. The van der Waals surface area contributed by atoms with Crippen molar-refractivity contribution in [1.82, 2.24) is 25.1 Å². The molecule has 3 heterocycles. The van der Waals surface area contributed by atoms with Crippen molar-refractivity contribution in [1.29, 1.82) is 5.26 Å². The normalized spacial score (nSPS) is 20.0. The van der Waals surface area contributed by atoms with E-state index in [4.69, 9.17) is 24.7 Å². The molecule has 0 aliphatic carbocycles. The van der Waals surface area contributed by atoms with Gasteiger partial charge in [0.25, 0.3) is 0 Å². The molecule has 198 valence electrons. The number of hydrogen-bond donors (Lipinski definition) is 3. The molecule has 10 nitrogen and oxygen atoms in total. The molecule has 3 aromatic rings. The second-order valence-electron chi connectivity index (χ2n) is 9.56. The van der Waals surface area contributed by atoms with E-state index in [0.717, 1.165) is 54.6 Å². The highest BCUT2D eigenvalue weighted by Crippen LogP contribution is 2.31. The van der Waals surface area contributed by atoms with E-state index in [2.05, 4.69) is 45.6 Å². The first-order valence-corrected chi connectivity index (χ1v) is 13.2. The number of likely N-dealkylation sites (tertiary alicyclic amines) is 1. The van der Waals surface area contributed by atoms with Gasteiger partial charge in [-0.25, -0.2) is 4.98 Å². The number of anilines is 3. The Bertz CT molecular complexity index is 1190. The van der Waals surface area contributed by atoms with Crippen LogP contribution in [0.15, 0.2) is 24.3 Å². The Hall–Kier alpha value is -3.42. The Labute approximate surface area is 218 Å². The first-order valence-electron chi connectivity index (χ1n) is 13.2. The van der Waals surface area contributed by atoms with Gasteiger partial charge in [0.05, 0.1) is 18.2 Å². The number of nitrogens with zero attached hydrogens (tertiary/aromatic N) is 5. The van der Waals surface area contributed by atoms with Crippen LogP contribution in [0.3, 0.4) is 0 Å². The number of aromatic nitrogens is 4. The fourth-order valence-electron chi connectivity index (χ4n) is 5.17. The van der Waals surface area contributed by atoms with Crippen molar-refractivity contribution < 1.29 is 9.47 Å². The predicted octanol–water partition coefficient (Wildman–Crippen LogP) is 4.78. The van der Waals surface area contributed by atoms with Crippen LogP contribution in [0.5, 0.6) is 5.75 Å². The minimum Gasteiger partial charge on any atom is -0.491 e. The number of fused-ring (bicyclic) bond motifs is 1. The Morgan fingerprint density at radius 3 is 2.57 bits per heavy atom. The van der Waals surface area contributed by atoms with Gasteiger partial charge in [-0.15, -0.1) is 0 Å². The van der Waals surface area contributed by atoms with Crippen LogP contribution in [0.4, 0.5) is 17.6 Å². The van der Waals surface area contributed by atoms with Crippen LogP contribution >= 0.6 is 0 Å². The summed E-state index contributed by atoms with van der Waals surface area (Å²) < 4.78 is 10.9. The lowest BCUT2D eigenvalue weighted by Gasteiger charge is -2.45. The number of benzene rings is 1. The molecule has 0 bridgehead atoms. The largest absolute Gasteiger partial charge is 0.491 e. The van der Waals surface area contributed by atoms with Gasteiger partial charge in [0, 0.05) is 61.4 Å². The maximum atomic E-state index is 9.13. The van der Waals surface area contributed by atoms with Crippen molar-refractivity contribution in [2.75, 3.05) is 37.5 Å². The molecule has 0 spiro atoms. The number of nitriles is 1. The number of methoxy groups -OCH3 is 1. The van der Waals surface area contributed by atoms with Gasteiger partial charge in [-0.3, -0.25) is 10.00 Å². The molecule has 0 radical (unpaired) electrons. The molecule has 2 unspecified atom stereocenters. The second-order valence-corrected chi connectivity index (χ2v) is 9.56. The zero-order valence-electron chi connectivity index (χ0n) is 22.3. The fourth-order valence-corrected chi connectivity index (χ4v) is 5.17. The van der Waals surface area contributed by atoms with Crippen molar-refractivity contribution in [3.8, 4) is 11.8 Å². The Morgan fingerprint density at radius 1 is 1.14 bits per heavy atom. The number of rotatable bonds is 12. The third-order valence-corrected chi connectivity index (χ3v) is 6.99. The van der Waals surface area contributed by atoms with Crippen LogP contribution in [-0.2, 0) is 4.74 Å². The zero-order chi connectivity index (χ0) is 26.2. The molecule has 3 N–H and O–H groups in total. The molecule has 1 saturated heterocycles. The van der Waals surface area contributed by atoms with Crippen LogP contribution in [0.1, 0.15) is 51.6 Å². The van der Waals surface area contributed by atoms with Gasteiger partial charge < -0.3 is 20.1 Å². The molecule has 1 aliphatic rings. The molecule has 0 amide bonds. The molecule has 2 atom stereocenters. The number of aromatic amines is 1. The van der Waals surface area contributed by atoms with Crippen molar-refractivity contribution in [3.05, 3.63) is 30.0 Å². The molecular weight excluding hydrogens is 468 g/mol. The van der Waals surface area contributed by atoms with E-state index < -0.39 is 0 Å².